The monoisotopic (exact) mass is 909 g/mol. The number of aromatic nitrogens is 4. The average Bonchev–Trinajstić information content (AvgIpc) is 3.95. The van der Waals surface area contributed by atoms with E-state index in [9.17, 15) is 24.3 Å². The van der Waals surface area contributed by atoms with Gasteiger partial charge in [0.15, 0.2) is 0 Å². The van der Waals surface area contributed by atoms with Crippen molar-refractivity contribution < 1.29 is 29.0 Å². The lowest BCUT2D eigenvalue weighted by atomic mass is 10.0. The molecule has 4 fully saturated rings. The maximum absolute atomic E-state index is 13.7. The largest absolute Gasteiger partial charge is 0.465 e. The Morgan fingerprint density at radius 1 is 0.612 bits per heavy atom. The van der Waals surface area contributed by atoms with Crippen LogP contribution < -0.4 is 15.5 Å². The van der Waals surface area contributed by atoms with Crippen LogP contribution in [0.25, 0.3) is 22.5 Å². The number of nitrogens with zero attached hydrogens (tertiary/aromatic N) is 5. The van der Waals surface area contributed by atoms with Gasteiger partial charge in [-0.05, 0) is 97.9 Å². The maximum Gasteiger partial charge on any atom is 0.407 e. The molecule has 15 heteroatoms. The van der Waals surface area contributed by atoms with Crippen molar-refractivity contribution in [3.05, 3.63) is 114 Å². The number of rotatable bonds is 14. The second-order valence-corrected chi connectivity index (χ2v) is 19.4. The van der Waals surface area contributed by atoms with E-state index in [2.05, 4.69) is 98.3 Å². The molecular formula is C52H63N9O6. The minimum atomic E-state index is -1.21. The molecule has 5 aromatic rings. The molecule has 2 aromatic heterocycles. The first-order chi connectivity index (χ1) is 32.4. The van der Waals surface area contributed by atoms with Crippen molar-refractivity contribution in [3.8, 4) is 22.5 Å². The minimum Gasteiger partial charge on any atom is -0.465 e. The van der Waals surface area contributed by atoms with E-state index >= 15 is 0 Å². The number of carbonyl (C=O) groups excluding carboxylic acids is 3. The highest BCUT2D eigenvalue weighted by Gasteiger charge is 2.40. The van der Waals surface area contributed by atoms with Crippen LogP contribution >= 0.6 is 0 Å². The number of likely N-dealkylation sites (tertiary alicyclic amines) is 2. The van der Waals surface area contributed by atoms with E-state index in [-0.39, 0.29) is 47.8 Å². The van der Waals surface area contributed by atoms with E-state index in [1.807, 2.05) is 45.0 Å². The first kappa shape index (κ1) is 45.5. The fraction of sp³-hybridized carbons (Fsp3) is 0.462. The molecular weight excluding hydrogens is 847 g/mol. The Bertz CT molecular complexity index is 2550. The molecule has 1 saturated carbocycles. The summed E-state index contributed by atoms with van der Waals surface area (Å²) in [5.74, 6) is 1.47. The van der Waals surface area contributed by atoms with Gasteiger partial charge in [0.25, 0.3) is 0 Å². The van der Waals surface area contributed by atoms with Crippen LogP contribution in [0.1, 0.15) is 137 Å². The summed E-state index contributed by atoms with van der Waals surface area (Å²) in [5.41, 5.74) is 8.65. The van der Waals surface area contributed by atoms with Gasteiger partial charge in [-0.1, -0.05) is 88.4 Å². The van der Waals surface area contributed by atoms with E-state index in [0.717, 1.165) is 66.9 Å². The number of H-pyrrole nitrogens is 2. The van der Waals surface area contributed by atoms with Gasteiger partial charge in [-0.3, -0.25) is 9.59 Å². The van der Waals surface area contributed by atoms with Gasteiger partial charge in [-0.2, -0.15) is 0 Å². The maximum atomic E-state index is 13.7. The van der Waals surface area contributed by atoms with Crippen molar-refractivity contribution in [2.75, 3.05) is 25.1 Å². The fourth-order valence-corrected chi connectivity index (χ4v) is 10.6. The van der Waals surface area contributed by atoms with Gasteiger partial charge in [0.05, 0.1) is 42.7 Å². The molecule has 6 atom stereocenters. The van der Waals surface area contributed by atoms with Gasteiger partial charge in [0, 0.05) is 42.3 Å². The molecule has 3 aliphatic heterocycles. The second-order valence-electron chi connectivity index (χ2n) is 19.4. The van der Waals surface area contributed by atoms with Gasteiger partial charge < -0.3 is 45.1 Å². The average molecular weight is 910 g/mol. The molecule has 0 bridgehead atoms. The SMILES string of the molecule is COC(=O)N[C@H](C(=O)N1CCC[C@H]1c1nc(-c2ccc([C@@H]3CC[C@@H](c4ccc(-c5c[nH]c([C@@H]6CCCN6C(=O)[C@@H](NC(=O)O)C(C)C)n5)cc4)N3c3ccc(C4CC4)cc3)cc2)c[nH]1)C(C)C. The number of carbonyl (C=O) groups is 4. The number of alkyl carbamates (subject to hydrolysis) is 1. The quantitative estimate of drug-likeness (QED) is 0.0723. The molecule has 3 saturated heterocycles. The number of aromatic amines is 2. The normalized spacial score (nSPS) is 21.5. The Balaban J connectivity index is 0.918. The summed E-state index contributed by atoms with van der Waals surface area (Å²) in [4.78, 5) is 73.8. The van der Waals surface area contributed by atoms with E-state index < -0.39 is 24.3 Å². The van der Waals surface area contributed by atoms with Crippen molar-refractivity contribution in [2.24, 2.45) is 11.8 Å². The van der Waals surface area contributed by atoms with Crippen LogP contribution in [0.5, 0.6) is 0 Å². The van der Waals surface area contributed by atoms with Crippen LogP contribution in [-0.4, -0.2) is 91.1 Å². The van der Waals surface area contributed by atoms with Gasteiger partial charge in [-0.15, -0.1) is 0 Å². The zero-order valence-corrected chi connectivity index (χ0v) is 39.1. The van der Waals surface area contributed by atoms with Gasteiger partial charge in [0.1, 0.15) is 23.7 Å². The zero-order valence-electron chi connectivity index (χ0n) is 39.1. The molecule has 0 radical (unpaired) electrons. The Hall–Kier alpha value is -6.64. The molecule has 3 aromatic carbocycles. The second kappa shape index (κ2) is 19.3. The number of anilines is 1. The third-order valence-corrected chi connectivity index (χ3v) is 14.3. The summed E-state index contributed by atoms with van der Waals surface area (Å²) in [5, 5.41) is 14.5. The molecule has 5 heterocycles. The topological polar surface area (TPSA) is 189 Å². The molecule has 5 N–H and O–H groups in total. The molecule has 4 aliphatic rings. The number of methoxy groups -OCH3 is 1. The van der Waals surface area contributed by atoms with E-state index in [0.29, 0.717) is 24.8 Å². The predicted molar refractivity (Wildman–Crippen MR) is 255 cm³/mol. The number of hydrogen-bond donors (Lipinski definition) is 5. The predicted octanol–water partition coefficient (Wildman–Crippen LogP) is 9.43. The standard InChI is InChI=1S/C52H63N9O6/c1-30(2)45(57-51(64)65)49(62)59-26-6-8-43(59)47-53-28-39(55-47)34-12-16-36(17-13-34)41-24-25-42(61(41)38-22-20-33(21-23-38)32-10-11-32)37-18-14-35(15-19-37)40-29-54-48(56-40)44-9-7-27-60(44)50(63)46(31(3)4)58-52(66)67-5/h12-23,28-32,41-46,57H,6-11,24-27H2,1-5H3,(H,53,55)(H,54,56)(H,58,66)(H,64,65)/t41-,42-,43-,44-,45-,46-/m0/s1. The number of imidazole rings is 2. The Kier molecular flexibility index (Phi) is 13.1. The number of hydrogen-bond acceptors (Lipinski definition) is 8. The lowest BCUT2D eigenvalue weighted by Gasteiger charge is -2.33. The molecule has 9 rings (SSSR count). The highest BCUT2D eigenvalue weighted by molar-refractivity contribution is 5.87. The van der Waals surface area contributed by atoms with Crippen molar-refractivity contribution in [1.82, 2.24) is 40.4 Å². The third kappa shape index (κ3) is 9.50. The van der Waals surface area contributed by atoms with Gasteiger partial charge in [-0.25, -0.2) is 19.6 Å². The summed E-state index contributed by atoms with van der Waals surface area (Å²) < 4.78 is 4.81. The number of ether oxygens (including phenoxy) is 1. The Morgan fingerprint density at radius 2 is 1.06 bits per heavy atom. The van der Waals surface area contributed by atoms with Crippen molar-refractivity contribution in [1.29, 1.82) is 0 Å². The van der Waals surface area contributed by atoms with Crippen LogP contribution in [-0.2, 0) is 14.3 Å². The molecule has 352 valence electrons. The molecule has 1 aliphatic carbocycles. The summed E-state index contributed by atoms with van der Waals surface area (Å²) in [6, 6.07) is 25.0. The van der Waals surface area contributed by atoms with Crippen LogP contribution in [0.15, 0.2) is 85.2 Å². The number of amides is 4. The first-order valence-electron chi connectivity index (χ1n) is 24.0. The highest BCUT2D eigenvalue weighted by Crippen LogP contribution is 2.48. The van der Waals surface area contributed by atoms with Crippen molar-refractivity contribution in [3.63, 3.8) is 0 Å². The van der Waals surface area contributed by atoms with E-state index in [1.165, 1.54) is 42.3 Å². The summed E-state index contributed by atoms with van der Waals surface area (Å²) >= 11 is 0. The van der Waals surface area contributed by atoms with Crippen LogP contribution in [0.4, 0.5) is 15.3 Å². The number of nitrogens with one attached hydrogen (secondary N) is 4. The highest BCUT2D eigenvalue weighted by atomic mass is 16.5. The Labute approximate surface area is 392 Å². The summed E-state index contributed by atoms with van der Waals surface area (Å²) in [6.45, 7) is 8.67. The molecule has 67 heavy (non-hydrogen) atoms. The van der Waals surface area contributed by atoms with Gasteiger partial charge in [0.2, 0.25) is 11.8 Å². The van der Waals surface area contributed by atoms with Crippen molar-refractivity contribution in [2.45, 2.75) is 121 Å². The van der Waals surface area contributed by atoms with Crippen LogP contribution in [0.3, 0.4) is 0 Å². The van der Waals surface area contributed by atoms with E-state index in [4.69, 9.17) is 14.7 Å². The van der Waals surface area contributed by atoms with Gasteiger partial charge >= 0.3 is 12.2 Å². The lowest BCUT2D eigenvalue weighted by molar-refractivity contribution is -0.136. The fourth-order valence-electron chi connectivity index (χ4n) is 10.6. The van der Waals surface area contributed by atoms with Crippen molar-refractivity contribution >= 4 is 29.7 Å². The molecule has 15 nitrogen and oxygen atoms in total. The molecule has 0 unspecified atom stereocenters. The third-order valence-electron chi connectivity index (χ3n) is 14.3. The summed E-state index contributed by atoms with van der Waals surface area (Å²) in [6.07, 6.45) is 9.67. The molecule has 0 spiro atoms. The van der Waals surface area contributed by atoms with E-state index in [1.54, 1.807) is 4.90 Å². The van der Waals surface area contributed by atoms with Crippen LogP contribution in [0, 0.1) is 11.8 Å². The van der Waals surface area contributed by atoms with Crippen LogP contribution in [0.2, 0.25) is 0 Å². The number of carboxylic acid groups (broad SMARTS) is 1. The lowest BCUT2D eigenvalue weighted by Crippen LogP contribution is -2.51. The molecule has 4 amide bonds. The summed E-state index contributed by atoms with van der Waals surface area (Å²) in [7, 11) is 1.30. The zero-order chi connectivity index (χ0) is 46.9. The smallest absolute Gasteiger partial charge is 0.407 e. The Morgan fingerprint density at radius 3 is 1.48 bits per heavy atom. The number of benzene rings is 3. The first-order valence-corrected chi connectivity index (χ1v) is 24.0. The minimum absolute atomic E-state index is 0.110.